The Balaban J connectivity index is 1.22. The molecule has 8 aromatic carbocycles. The van der Waals surface area contributed by atoms with Crippen molar-refractivity contribution in [2.75, 3.05) is 0 Å². The predicted octanol–water partition coefficient (Wildman–Crippen LogP) is 12.5. The van der Waals surface area contributed by atoms with Crippen molar-refractivity contribution >= 4 is 76.5 Å². The summed E-state index contributed by atoms with van der Waals surface area (Å²) in [5, 5.41) is 7.50. The van der Waals surface area contributed by atoms with Gasteiger partial charge in [0, 0.05) is 54.5 Å². The van der Waals surface area contributed by atoms with Crippen LogP contribution < -0.4 is 0 Å². The number of para-hydroxylation sites is 4. The zero-order chi connectivity index (χ0) is 36.0. The molecule has 0 saturated carbocycles. The molecule has 6 nitrogen and oxygen atoms in total. The number of fused-ring (bicyclic) bond motifs is 12. The fourth-order valence-corrected chi connectivity index (χ4v) is 8.55. The number of hydrogen-bond acceptors (Lipinski definition) is 4. The monoisotopic (exact) mass is 703 g/mol. The minimum atomic E-state index is 0.604. The van der Waals surface area contributed by atoms with E-state index in [-0.39, 0.29) is 0 Å². The molecule has 256 valence electrons. The fourth-order valence-electron chi connectivity index (χ4n) is 8.55. The van der Waals surface area contributed by atoms with E-state index in [1.165, 1.54) is 0 Å². The summed E-state index contributed by atoms with van der Waals surface area (Å²) >= 11 is 0. The number of hydrogen-bond donors (Lipinski definition) is 0. The molecule has 6 heteroatoms. The first-order valence-corrected chi connectivity index (χ1v) is 18.5. The van der Waals surface area contributed by atoms with Crippen molar-refractivity contribution in [2.24, 2.45) is 0 Å². The van der Waals surface area contributed by atoms with Crippen molar-refractivity contribution < 1.29 is 4.42 Å². The van der Waals surface area contributed by atoms with Crippen molar-refractivity contribution in [2.45, 2.75) is 0 Å². The molecule has 4 heterocycles. The van der Waals surface area contributed by atoms with Crippen molar-refractivity contribution in [3.05, 3.63) is 176 Å². The third kappa shape index (κ3) is 4.33. The Kier molecular flexibility index (Phi) is 6.24. The van der Waals surface area contributed by atoms with Gasteiger partial charge in [0.25, 0.3) is 0 Å². The molecule has 0 aliphatic carbocycles. The quantitative estimate of drug-likeness (QED) is 0.183. The van der Waals surface area contributed by atoms with Crippen LogP contribution in [0.15, 0.2) is 180 Å². The number of imidazole rings is 1. The molecule has 0 aliphatic rings. The Morgan fingerprint density at radius 3 is 1.87 bits per heavy atom. The molecule has 0 bridgehead atoms. The molecule has 55 heavy (non-hydrogen) atoms. The third-order valence-corrected chi connectivity index (χ3v) is 10.9. The van der Waals surface area contributed by atoms with Crippen LogP contribution in [0.2, 0.25) is 0 Å². The molecule has 0 amide bonds. The standard InChI is InChI=1S/C49H29N5O/c1-3-15-30(16-4-1)48-51-45-43-37-23-10-13-25-40(37)54(46(43)34-20-7-8-21-35(34)47(45)53(48)32-17-5-2-6-18-32)49-50-39-24-12-9-22-36(39)44(52-49)31-27-28-42-38(29-31)33-19-11-14-26-41(33)55-42/h1-29H. The van der Waals surface area contributed by atoms with Gasteiger partial charge < -0.3 is 4.42 Å². The van der Waals surface area contributed by atoms with Crippen molar-refractivity contribution in [3.63, 3.8) is 0 Å². The van der Waals surface area contributed by atoms with Gasteiger partial charge in [0.15, 0.2) is 0 Å². The Labute approximate surface area is 314 Å². The molecule has 0 spiro atoms. The van der Waals surface area contributed by atoms with Crippen LogP contribution in [0.25, 0.3) is 111 Å². The van der Waals surface area contributed by atoms with Crippen molar-refractivity contribution in [1.82, 2.24) is 24.1 Å². The highest BCUT2D eigenvalue weighted by Crippen LogP contribution is 2.44. The van der Waals surface area contributed by atoms with E-state index >= 15 is 0 Å². The molecule has 4 aromatic heterocycles. The van der Waals surface area contributed by atoms with Crippen LogP contribution in [0.1, 0.15) is 0 Å². The average molecular weight is 704 g/mol. The lowest BCUT2D eigenvalue weighted by Crippen LogP contribution is -2.04. The molecule has 0 unspecified atom stereocenters. The highest BCUT2D eigenvalue weighted by Gasteiger charge is 2.26. The molecule has 12 rings (SSSR count). The summed E-state index contributed by atoms with van der Waals surface area (Å²) in [6, 6.07) is 61.1. The van der Waals surface area contributed by atoms with Crippen molar-refractivity contribution in [3.8, 4) is 34.3 Å². The first kappa shape index (κ1) is 29.9. The lowest BCUT2D eigenvalue weighted by atomic mass is 10.0. The summed E-state index contributed by atoms with van der Waals surface area (Å²) in [5.74, 6) is 1.50. The third-order valence-electron chi connectivity index (χ3n) is 10.9. The zero-order valence-electron chi connectivity index (χ0n) is 29.4. The Bertz CT molecular complexity index is 3490. The molecule has 0 N–H and O–H groups in total. The van der Waals surface area contributed by atoms with Crippen LogP contribution in [0, 0.1) is 0 Å². The van der Waals surface area contributed by atoms with Crippen LogP contribution >= 0.6 is 0 Å². The molecule has 0 saturated heterocycles. The molecule has 0 atom stereocenters. The molecule has 12 aromatic rings. The van der Waals surface area contributed by atoms with Gasteiger partial charge in [-0.15, -0.1) is 0 Å². The van der Waals surface area contributed by atoms with Gasteiger partial charge in [0.2, 0.25) is 5.95 Å². The van der Waals surface area contributed by atoms with E-state index < -0.39 is 0 Å². The van der Waals surface area contributed by atoms with Crippen LogP contribution in [0.4, 0.5) is 0 Å². The number of benzene rings is 8. The Morgan fingerprint density at radius 1 is 0.418 bits per heavy atom. The zero-order valence-corrected chi connectivity index (χ0v) is 29.4. The summed E-state index contributed by atoms with van der Waals surface area (Å²) in [6.07, 6.45) is 0. The maximum atomic E-state index is 6.21. The van der Waals surface area contributed by atoms with Gasteiger partial charge in [0.05, 0.1) is 27.8 Å². The largest absolute Gasteiger partial charge is 0.456 e. The van der Waals surface area contributed by atoms with Gasteiger partial charge in [-0.1, -0.05) is 127 Å². The predicted molar refractivity (Wildman–Crippen MR) is 224 cm³/mol. The highest BCUT2D eigenvalue weighted by atomic mass is 16.3. The van der Waals surface area contributed by atoms with Crippen LogP contribution in [0.5, 0.6) is 0 Å². The van der Waals surface area contributed by atoms with E-state index in [9.17, 15) is 0 Å². The van der Waals surface area contributed by atoms with Gasteiger partial charge in [0.1, 0.15) is 22.5 Å². The second kappa shape index (κ2) is 11.5. The van der Waals surface area contributed by atoms with E-state index in [2.05, 4.69) is 161 Å². The molecule has 0 radical (unpaired) electrons. The topological polar surface area (TPSA) is 61.7 Å². The van der Waals surface area contributed by atoms with Crippen LogP contribution in [-0.2, 0) is 0 Å². The SMILES string of the molecule is c1ccc(-c2nc3c4c5ccccc5n(-c5nc(-c6ccc7oc8ccccc8c7c6)c6ccccc6n5)c4c4ccccc4c3n2-c2ccccc2)cc1. The first-order chi connectivity index (χ1) is 27.3. The maximum absolute atomic E-state index is 6.21. The maximum Gasteiger partial charge on any atom is 0.235 e. The van der Waals surface area contributed by atoms with E-state index in [0.717, 1.165) is 105 Å². The van der Waals surface area contributed by atoms with E-state index in [1.54, 1.807) is 0 Å². The number of rotatable bonds is 4. The normalized spacial score (nSPS) is 12.0. The summed E-state index contributed by atoms with van der Waals surface area (Å²) in [6.45, 7) is 0. The molecule has 0 aliphatic heterocycles. The van der Waals surface area contributed by atoms with E-state index in [0.29, 0.717) is 5.95 Å². The summed E-state index contributed by atoms with van der Waals surface area (Å²) in [4.78, 5) is 16.4. The van der Waals surface area contributed by atoms with Gasteiger partial charge in [-0.25, -0.2) is 15.0 Å². The minimum absolute atomic E-state index is 0.604. The summed E-state index contributed by atoms with van der Waals surface area (Å²) in [7, 11) is 0. The number of aromatic nitrogens is 5. The van der Waals surface area contributed by atoms with Crippen LogP contribution in [-0.4, -0.2) is 24.1 Å². The Morgan fingerprint density at radius 2 is 1.05 bits per heavy atom. The van der Waals surface area contributed by atoms with E-state index in [1.807, 2.05) is 24.3 Å². The highest BCUT2D eigenvalue weighted by molar-refractivity contribution is 6.31. The van der Waals surface area contributed by atoms with E-state index in [4.69, 9.17) is 19.4 Å². The summed E-state index contributed by atoms with van der Waals surface area (Å²) in [5.41, 5.74) is 10.6. The average Bonchev–Trinajstić information content (AvgIpc) is 3.94. The second-order valence-corrected chi connectivity index (χ2v) is 14.0. The first-order valence-electron chi connectivity index (χ1n) is 18.5. The van der Waals surface area contributed by atoms with Crippen molar-refractivity contribution in [1.29, 1.82) is 0 Å². The smallest absolute Gasteiger partial charge is 0.235 e. The second-order valence-electron chi connectivity index (χ2n) is 14.0. The minimum Gasteiger partial charge on any atom is -0.456 e. The lowest BCUT2D eigenvalue weighted by Gasteiger charge is -2.14. The Hall–Kier alpha value is -7.57. The lowest BCUT2D eigenvalue weighted by molar-refractivity contribution is 0.669. The van der Waals surface area contributed by atoms with Crippen LogP contribution in [0.3, 0.4) is 0 Å². The van der Waals surface area contributed by atoms with Gasteiger partial charge >= 0.3 is 0 Å². The number of nitrogens with zero attached hydrogens (tertiary/aromatic N) is 5. The fraction of sp³-hybridized carbons (Fsp3) is 0. The van der Waals surface area contributed by atoms with Gasteiger partial charge in [-0.3, -0.25) is 9.13 Å². The molecule has 0 fully saturated rings. The molecular weight excluding hydrogens is 675 g/mol. The van der Waals surface area contributed by atoms with Gasteiger partial charge in [-0.05, 0) is 48.5 Å². The summed E-state index contributed by atoms with van der Waals surface area (Å²) < 4.78 is 10.8. The molecular formula is C49H29N5O. The van der Waals surface area contributed by atoms with Gasteiger partial charge in [-0.2, -0.15) is 0 Å². The number of furan rings is 1.